The number of rotatable bonds is 6. The fourth-order valence-electron chi connectivity index (χ4n) is 6.02. The third-order valence-electron chi connectivity index (χ3n) is 8.68. The number of ether oxygens (including phenoxy) is 1. The van der Waals surface area contributed by atoms with Crippen molar-refractivity contribution >= 4 is 65.2 Å². The number of anilines is 2. The molecule has 4 aromatic carbocycles. The Morgan fingerprint density at radius 2 is 0.894 bits per heavy atom. The summed E-state index contributed by atoms with van der Waals surface area (Å²) in [6, 6.07) is 30.8. The number of hydrogen-bond acceptors (Lipinski definition) is 9. The standard InChI is InChI=1S/C36H32N6O3S2/c43-33(39-17-21-41(22-18-39)35-37-29-5-1-3-7-31(29)46-35)25-9-13-27(14-10-25)45-28-15-11-26(12-16-28)34(44)40-19-23-42(24-20-40)36-38-30-6-2-4-8-32(30)47-36/h1-16H,17-24H2. The maximum absolute atomic E-state index is 13.2. The molecule has 6 aromatic rings. The van der Waals surface area contributed by atoms with E-state index >= 15 is 0 Å². The van der Waals surface area contributed by atoms with E-state index in [1.807, 2.05) is 94.7 Å². The van der Waals surface area contributed by atoms with Crippen LogP contribution in [0.3, 0.4) is 0 Å². The first-order chi connectivity index (χ1) is 23.1. The zero-order valence-corrected chi connectivity index (χ0v) is 27.3. The van der Waals surface area contributed by atoms with Gasteiger partial charge in [-0.2, -0.15) is 0 Å². The Morgan fingerprint density at radius 3 is 1.28 bits per heavy atom. The van der Waals surface area contributed by atoms with Crippen molar-refractivity contribution in [2.75, 3.05) is 62.2 Å². The topological polar surface area (TPSA) is 82.1 Å². The molecule has 0 bridgehead atoms. The minimum Gasteiger partial charge on any atom is -0.457 e. The minimum absolute atomic E-state index is 0.0178. The molecule has 8 rings (SSSR count). The number of benzene rings is 4. The van der Waals surface area contributed by atoms with Crippen molar-refractivity contribution in [1.82, 2.24) is 19.8 Å². The van der Waals surface area contributed by atoms with Crippen molar-refractivity contribution in [2.24, 2.45) is 0 Å². The molecule has 0 spiro atoms. The number of aromatic nitrogens is 2. The second-order valence-corrected chi connectivity index (χ2v) is 13.7. The molecule has 2 aromatic heterocycles. The molecular weight excluding hydrogens is 629 g/mol. The Bertz CT molecular complexity index is 1830. The monoisotopic (exact) mass is 660 g/mol. The van der Waals surface area contributed by atoms with Crippen LogP contribution in [0.5, 0.6) is 11.5 Å². The molecule has 4 heterocycles. The minimum atomic E-state index is 0.0178. The summed E-state index contributed by atoms with van der Waals surface area (Å²) in [7, 11) is 0. The largest absolute Gasteiger partial charge is 0.457 e. The number of para-hydroxylation sites is 2. The molecule has 2 aliphatic heterocycles. The normalized spacial score (nSPS) is 15.4. The van der Waals surface area contributed by atoms with Gasteiger partial charge in [0.1, 0.15) is 11.5 Å². The highest BCUT2D eigenvalue weighted by Gasteiger charge is 2.25. The van der Waals surface area contributed by atoms with E-state index in [1.165, 1.54) is 9.40 Å². The molecule has 2 aliphatic rings. The number of amides is 2. The first kappa shape index (κ1) is 29.4. The number of carbonyl (C=O) groups is 2. The van der Waals surface area contributed by atoms with Crippen LogP contribution in [0.25, 0.3) is 20.4 Å². The van der Waals surface area contributed by atoms with Gasteiger partial charge in [-0.1, -0.05) is 46.9 Å². The molecule has 0 saturated carbocycles. The summed E-state index contributed by atoms with van der Waals surface area (Å²) in [4.78, 5) is 44.3. The van der Waals surface area contributed by atoms with E-state index < -0.39 is 0 Å². The van der Waals surface area contributed by atoms with Gasteiger partial charge in [-0.05, 0) is 72.8 Å². The number of fused-ring (bicyclic) bond motifs is 2. The Labute approximate surface area is 280 Å². The molecule has 236 valence electrons. The summed E-state index contributed by atoms with van der Waals surface area (Å²) in [6.45, 7) is 5.62. The van der Waals surface area contributed by atoms with Crippen molar-refractivity contribution in [3.8, 4) is 11.5 Å². The number of piperazine rings is 2. The Hall–Kier alpha value is -5.00. The van der Waals surface area contributed by atoms with Crippen molar-refractivity contribution in [3.63, 3.8) is 0 Å². The zero-order valence-electron chi connectivity index (χ0n) is 25.6. The molecule has 47 heavy (non-hydrogen) atoms. The summed E-state index contributed by atoms with van der Waals surface area (Å²) in [5, 5.41) is 2.02. The highest BCUT2D eigenvalue weighted by atomic mass is 32.1. The maximum Gasteiger partial charge on any atom is 0.253 e. The summed E-state index contributed by atoms with van der Waals surface area (Å²) in [5.74, 6) is 1.30. The van der Waals surface area contributed by atoms with Crippen LogP contribution in [0.15, 0.2) is 97.1 Å². The van der Waals surface area contributed by atoms with Gasteiger partial charge in [-0.25, -0.2) is 9.97 Å². The lowest BCUT2D eigenvalue weighted by molar-refractivity contribution is 0.0739. The number of nitrogens with zero attached hydrogens (tertiary/aromatic N) is 6. The Morgan fingerprint density at radius 1 is 0.511 bits per heavy atom. The van der Waals surface area contributed by atoms with Gasteiger partial charge >= 0.3 is 0 Å². The van der Waals surface area contributed by atoms with Crippen LogP contribution < -0.4 is 14.5 Å². The molecule has 0 N–H and O–H groups in total. The fraction of sp³-hybridized carbons (Fsp3) is 0.222. The van der Waals surface area contributed by atoms with Crippen molar-refractivity contribution < 1.29 is 14.3 Å². The second-order valence-electron chi connectivity index (χ2n) is 11.6. The average molecular weight is 661 g/mol. The molecule has 9 nitrogen and oxygen atoms in total. The number of carbonyl (C=O) groups excluding carboxylic acids is 2. The molecule has 2 fully saturated rings. The van der Waals surface area contributed by atoms with Crippen LogP contribution in [0.4, 0.5) is 10.3 Å². The Balaban J connectivity index is 0.826. The molecule has 0 aliphatic carbocycles. The quantitative estimate of drug-likeness (QED) is 0.199. The van der Waals surface area contributed by atoms with E-state index in [9.17, 15) is 9.59 Å². The zero-order chi connectivity index (χ0) is 31.7. The van der Waals surface area contributed by atoms with Crippen LogP contribution in [-0.4, -0.2) is 83.9 Å². The molecule has 0 unspecified atom stereocenters. The fourth-order valence-corrected chi connectivity index (χ4v) is 8.06. The van der Waals surface area contributed by atoms with Gasteiger partial charge in [0.25, 0.3) is 11.8 Å². The van der Waals surface area contributed by atoms with Gasteiger partial charge in [-0.15, -0.1) is 0 Å². The second kappa shape index (κ2) is 12.7. The summed E-state index contributed by atoms with van der Waals surface area (Å²) >= 11 is 3.39. The van der Waals surface area contributed by atoms with Gasteiger partial charge in [0.2, 0.25) is 0 Å². The van der Waals surface area contributed by atoms with Crippen LogP contribution >= 0.6 is 22.7 Å². The predicted molar refractivity (Wildman–Crippen MR) is 188 cm³/mol. The molecule has 11 heteroatoms. The van der Waals surface area contributed by atoms with Crippen molar-refractivity contribution in [2.45, 2.75) is 0 Å². The molecule has 2 saturated heterocycles. The van der Waals surface area contributed by atoms with E-state index in [4.69, 9.17) is 14.7 Å². The van der Waals surface area contributed by atoms with Crippen LogP contribution in [-0.2, 0) is 0 Å². The lowest BCUT2D eigenvalue weighted by atomic mass is 10.1. The average Bonchev–Trinajstić information content (AvgIpc) is 3.77. The maximum atomic E-state index is 13.2. The number of thiazole rings is 2. The SMILES string of the molecule is O=C(c1ccc(Oc2ccc(C(=O)N3CCN(c4nc5ccccc5s4)CC3)cc2)cc1)N1CCN(c2nc3ccccc3s2)CC1. The van der Waals surface area contributed by atoms with Gasteiger partial charge in [0.15, 0.2) is 10.3 Å². The van der Waals surface area contributed by atoms with E-state index in [0.717, 1.165) is 47.5 Å². The smallest absolute Gasteiger partial charge is 0.253 e. The van der Waals surface area contributed by atoms with E-state index in [-0.39, 0.29) is 11.8 Å². The Kier molecular flexibility index (Phi) is 7.92. The molecule has 2 amide bonds. The van der Waals surface area contributed by atoms with E-state index in [2.05, 4.69) is 21.9 Å². The predicted octanol–water partition coefficient (Wildman–Crippen LogP) is 6.62. The van der Waals surface area contributed by atoms with Crippen LogP contribution in [0, 0.1) is 0 Å². The van der Waals surface area contributed by atoms with Crippen LogP contribution in [0.2, 0.25) is 0 Å². The highest BCUT2D eigenvalue weighted by Crippen LogP contribution is 2.31. The summed E-state index contributed by atoms with van der Waals surface area (Å²) < 4.78 is 8.40. The van der Waals surface area contributed by atoms with Crippen molar-refractivity contribution in [3.05, 3.63) is 108 Å². The third kappa shape index (κ3) is 6.11. The van der Waals surface area contributed by atoms with Crippen molar-refractivity contribution in [1.29, 1.82) is 0 Å². The molecular formula is C36H32N6O3S2. The van der Waals surface area contributed by atoms with Gasteiger partial charge in [0.05, 0.1) is 20.4 Å². The van der Waals surface area contributed by atoms with E-state index in [1.54, 1.807) is 22.7 Å². The van der Waals surface area contributed by atoms with Gasteiger partial charge < -0.3 is 24.3 Å². The lowest BCUT2D eigenvalue weighted by Gasteiger charge is -2.34. The summed E-state index contributed by atoms with van der Waals surface area (Å²) in [5.41, 5.74) is 3.30. The molecule has 0 radical (unpaired) electrons. The van der Waals surface area contributed by atoms with Crippen LogP contribution in [0.1, 0.15) is 20.7 Å². The number of hydrogen-bond donors (Lipinski definition) is 0. The first-order valence-electron chi connectivity index (χ1n) is 15.7. The van der Waals surface area contributed by atoms with Gasteiger partial charge in [0, 0.05) is 63.5 Å². The first-order valence-corrected chi connectivity index (χ1v) is 17.4. The van der Waals surface area contributed by atoms with Gasteiger partial charge in [-0.3, -0.25) is 9.59 Å². The van der Waals surface area contributed by atoms with E-state index in [0.29, 0.717) is 48.8 Å². The highest BCUT2D eigenvalue weighted by molar-refractivity contribution is 7.22. The third-order valence-corrected chi connectivity index (χ3v) is 10.9. The lowest BCUT2D eigenvalue weighted by Crippen LogP contribution is -2.48. The molecule has 0 atom stereocenters. The summed E-state index contributed by atoms with van der Waals surface area (Å²) in [6.07, 6.45) is 0.